The van der Waals surface area contributed by atoms with Crippen molar-refractivity contribution in [2.24, 2.45) is 0 Å². The second kappa shape index (κ2) is 10.4. The van der Waals surface area contributed by atoms with Gasteiger partial charge in [0, 0.05) is 19.6 Å². The van der Waals surface area contributed by atoms with E-state index in [-0.39, 0.29) is 11.5 Å². The van der Waals surface area contributed by atoms with E-state index in [1.165, 1.54) is 6.07 Å². The van der Waals surface area contributed by atoms with Gasteiger partial charge in [-0.2, -0.15) is 13.2 Å². The quantitative estimate of drug-likeness (QED) is 0.278. The number of likely N-dealkylation sites (tertiary alicyclic amines) is 1. The van der Waals surface area contributed by atoms with Crippen molar-refractivity contribution in [3.8, 4) is 5.75 Å². The van der Waals surface area contributed by atoms with E-state index in [1.807, 2.05) is 0 Å². The molecule has 4 nitrogen and oxygen atoms in total. The van der Waals surface area contributed by atoms with E-state index < -0.39 is 51.8 Å². The first-order chi connectivity index (χ1) is 17.2. The van der Waals surface area contributed by atoms with Gasteiger partial charge in [-0.25, -0.2) is 13.6 Å². The molecule has 0 aromatic heterocycles. The highest BCUT2D eigenvalue weighted by Gasteiger charge is 2.34. The first kappa shape index (κ1) is 27.6. The summed E-state index contributed by atoms with van der Waals surface area (Å²) in [5, 5.41) is -0.647. The van der Waals surface area contributed by atoms with Crippen LogP contribution in [-0.2, 0) is 17.5 Å². The molecule has 1 saturated carbocycles. The summed E-state index contributed by atoms with van der Waals surface area (Å²) in [6.45, 7) is 6.68. The lowest BCUT2D eigenvalue weighted by molar-refractivity contribution is -0.137. The molecule has 0 N–H and O–H groups in total. The van der Waals surface area contributed by atoms with E-state index >= 15 is 0 Å². The Labute approximate surface area is 217 Å². The van der Waals surface area contributed by atoms with Gasteiger partial charge in [0.25, 0.3) is 0 Å². The van der Waals surface area contributed by atoms with Gasteiger partial charge >= 0.3 is 12.1 Å². The van der Waals surface area contributed by atoms with Gasteiger partial charge in [0.2, 0.25) is 0 Å². The molecule has 4 rings (SSSR count). The third kappa shape index (κ3) is 6.93. The number of alkyl halides is 3. The zero-order valence-electron chi connectivity index (χ0n) is 20.9. The van der Waals surface area contributed by atoms with Gasteiger partial charge in [0.15, 0.2) is 11.6 Å². The van der Waals surface area contributed by atoms with Crippen LogP contribution in [0, 0.1) is 11.6 Å². The van der Waals surface area contributed by atoms with Crippen LogP contribution in [0.1, 0.15) is 79.4 Å². The fourth-order valence-corrected chi connectivity index (χ4v) is 4.66. The van der Waals surface area contributed by atoms with Gasteiger partial charge in [0.05, 0.1) is 16.1 Å². The Bertz CT molecular complexity index is 1170. The van der Waals surface area contributed by atoms with Crippen LogP contribution in [0.2, 0.25) is 5.02 Å². The van der Waals surface area contributed by atoms with E-state index in [2.05, 4.69) is 4.90 Å². The molecule has 2 fully saturated rings. The second-order valence-corrected chi connectivity index (χ2v) is 11.1. The highest BCUT2D eigenvalue weighted by Crippen LogP contribution is 2.43. The van der Waals surface area contributed by atoms with Gasteiger partial charge in [-0.05, 0) is 87.8 Å². The van der Waals surface area contributed by atoms with Gasteiger partial charge < -0.3 is 9.47 Å². The van der Waals surface area contributed by atoms with Gasteiger partial charge in [-0.15, -0.1) is 0 Å². The molecule has 2 aliphatic rings. The first-order valence-electron chi connectivity index (χ1n) is 12.2. The number of hydrogen-bond donors (Lipinski definition) is 0. The number of halogens is 6. The molecule has 0 spiro atoms. The SMILES string of the molecule is CC(C)(C)OC(=O)c1cc(C2CC2)c(CN2CCC(Oc3cc(C(F)(F)F)cc(Cl)c3F)CC2)cc1F. The summed E-state index contributed by atoms with van der Waals surface area (Å²) >= 11 is 5.65. The Balaban J connectivity index is 1.42. The number of ether oxygens (including phenoxy) is 2. The van der Waals surface area contributed by atoms with Crippen LogP contribution in [0.5, 0.6) is 5.75 Å². The molecule has 2 aromatic rings. The van der Waals surface area contributed by atoms with Crippen LogP contribution in [0.4, 0.5) is 22.0 Å². The number of benzene rings is 2. The molecular formula is C27H29ClF5NO3. The molecule has 1 heterocycles. The third-order valence-corrected chi connectivity index (χ3v) is 6.68. The van der Waals surface area contributed by atoms with Crippen LogP contribution in [-0.4, -0.2) is 35.7 Å². The number of rotatable bonds is 6. The summed E-state index contributed by atoms with van der Waals surface area (Å²) in [4.78, 5) is 14.6. The van der Waals surface area contributed by atoms with Crippen molar-refractivity contribution < 1.29 is 36.2 Å². The predicted octanol–water partition coefficient (Wildman–Crippen LogP) is 7.51. The van der Waals surface area contributed by atoms with Crippen LogP contribution in [0.15, 0.2) is 24.3 Å². The lowest BCUT2D eigenvalue weighted by atomic mass is 9.97. The number of carbonyl (C=O) groups excluding carboxylic acids is 1. The molecular weight excluding hydrogens is 517 g/mol. The summed E-state index contributed by atoms with van der Waals surface area (Å²) in [7, 11) is 0. The maximum Gasteiger partial charge on any atom is 0.416 e. The Morgan fingerprint density at radius 2 is 1.68 bits per heavy atom. The van der Waals surface area contributed by atoms with Gasteiger partial charge in [0.1, 0.15) is 17.5 Å². The fraction of sp³-hybridized carbons (Fsp3) is 0.519. The van der Waals surface area contributed by atoms with E-state index in [0.717, 1.165) is 24.0 Å². The van der Waals surface area contributed by atoms with Crippen LogP contribution in [0.25, 0.3) is 0 Å². The average Bonchev–Trinajstić information content (AvgIpc) is 3.61. The monoisotopic (exact) mass is 545 g/mol. The van der Waals surface area contributed by atoms with E-state index in [4.69, 9.17) is 21.1 Å². The summed E-state index contributed by atoms with van der Waals surface area (Å²) < 4.78 is 79.4. The molecule has 0 unspecified atom stereocenters. The van der Waals surface area contributed by atoms with Crippen molar-refractivity contribution >= 4 is 17.6 Å². The third-order valence-electron chi connectivity index (χ3n) is 6.41. The van der Waals surface area contributed by atoms with Crippen molar-refractivity contribution in [3.63, 3.8) is 0 Å². The highest BCUT2D eigenvalue weighted by atomic mass is 35.5. The molecule has 202 valence electrons. The number of carbonyl (C=O) groups is 1. The minimum Gasteiger partial charge on any atom is -0.487 e. The summed E-state index contributed by atoms with van der Waals surface area (Å²) in [5.74, 6) is -2.60. The predicted molar refractivity (Wildman–Crippen MR) is 129 cm³/mol. The van der Waals surface area contributed by atoms with Gasteiger partial charge in [-0.1, -0.05) is 11.6 Å². The van der Waals surface area contributed by atoms with Gasteiger partial charge in [-0.3, -0.25) is 4.90 Å². The molecule has 1 aliphatic carbocycles. The fourth-order valence-electron chi connectivity index (χ4n) is 4.45. The minimum absolute atomic E-state index is 0.0746. The van der Waals surface area contributed by atoms with E-state index in [1.54, 1.807) is 26.8 Å². The largest absolute Gasteiger partial charge is 0.487 e. The molecule has 0 atom stereocenters. The maximum atomic E-state index is 14.9. The molecule has 0 radical (unpaired) electrons. The smallest absolute Gasteiger partial charge is 0.416 e. The number of piperidine rings is 1. The molecule has 37 heavy (non-hydrogen) atoms. The van der Waals surface area contributed by atoms with E-state index in [0.29, 0.717) is 44.6 Å². The van der Waals surface area contributed by atoms with Crippen molar-refractivity contribution in [2.75, 3.05) is 13.1 Å². The topological polar surface area (TPSA) is 38.8 Å². The van der Waals surface area contributed by atoms with Crippen LogP contribution < -0.4 is 4.74 Å². The Hall–Kier alpha value is -2.39. The van der Waals surface area contributed by atoms with Crippen molar-refractivity contribution in [1.82, 2.24) is 4.90 Å². The second-order valence-electron chi connectivity index (χ2n) is 10.7. The van der Waals surface area contributed by atoms with Crippen LogP contribution in [0.3, 0.4) is 0 Å². The summed E-state index contributed by atoms with van der Waals surface area (Å²) in [6.07, 6.45) is -2.33. The lowest BCUT2D eigenvalue weighted by Crippen LogP contribution is -2.38. The molecule has 2 aromatic carbocycles. The zero-order valence-corrected chi connectivity index (χ0v) is 21.6. The molecule has 1 aliphatic heterocycles. The van der Waals surface area contributed by atoms with Crippen molar-refractivity contribution in [2.45, 2.75) is 76.8 Å². The summed E-state index contributed by atoms with van der Waals surface area (Å²) in [5.41, 5.74) is -0.162. The molecule has 1 saturated heterocycles. The minimum atomic E-state index is -4.67. The van der Waals surface area contributed by atoms with E-state index in [9.17, 15) is 26.7 Å². The first-order valence-corrected chi connectivity index (χ1v) is 12.6. The zero-order chi connectivity index (χ0) is 27.1. The average molecular weight is 546 g/mol. The standard InChI is InChI=1S/C27H29ClF5NO3/c1-26(2,3)37-25(35)20-13-19(15-4-5-15)16(10-22(20)29)14-34-8-6-18(7-9-34)36-23-12-17(27(31,32)33)11-21(28)24(23)30/h10-13,15,18H,4-9,14H2,1-3H3. The van der Waals surface area contributed by atoms with Crippen molar-refractivity contribution in [1.29, 1.82) is 0 Å². The maximum absolute atomic E-state index is 14.9. The Morgan fingerprint density at radius 3 is 2.24 bits per heavy atom. The Morgan fingerprint density at radius 1 is 1.03 bits per heavy atom. The number of hydrogen-bond acceptors (Lipinski definition) is 4. The Kier molecular flexibility index (Phi) is 7.77. The highest BCUT2D eigenvalue weighted by molar-refractivity contribution is 6.31. The molecule has 0 bridgehead atoms. The molecule has 10 heteroatoms. The number of esters is 1. The van der Waals surface area contributed by atoms with Crippen molar-refractivity contribution in [3.05, 3.63) is 63.2 Å². The lowest BCUT2D eigenvalue weighted by Gasteiger charge is -2.33. The molecule has 0 amide bonds. The number of nitrogens with zero attached hydrogens (tertiary/aromatic N) is 1. The normalized spacial score (nSPS) is 17.6. The summed E-state index contributed by atoms with van der Waals surface area (Å²) in [6, 6.07) is 4.17. The van der Waals surface area contributed by atoms with Crippen LogP contribution >= 0.6 is 11.6 Å².